The number of hydrogen-bond acceptors (Lipinski definition) is 2. The lowest BCUT2D eigenvalue weighted by Crippen LogP contribution is -1.99. The highest BCUT2D eigenvalue weighted by Crippen LogP contribution is 2.45. The SMILES string of the molecule is [C-]#[N+]c1ccc2c(c1)c1cc(C#N)ccc1n2-c1ccccc1-c1c([N+]#[C-])cc(C#N)cc1-c1ccc(-n2c3ccccc3c3ccccc32)cc1. The van der Waals surface area contributed by atoms with Gasteiger partial charge in [0.2, 0.25) is 0 Å². The van der Waals surface area contributed by atoms with Gasteiger partial charge in [-0.3, -0.25) is 0 Å². The van der Waals surface area contributed by atoms with Gasteiger partial charge in [-0.25, -0.2) is 9.69 Å². The lowest BCUT2D eigenvalue weighted by Gasteiger charge is -2.19. The van der Waals surface area contributed by atoms with E-state index in [9.17, 15) is 10.5 Å². The fraction of sp³-hybridized carbons (Fsp3) is 0. The molecule has 6 heteroatoms. The lowest BCUT2D eigenvalue weighted by atomic mass is 9.90. The Hall–Kier alpha value is -7.90. The van der Waals surface area contributed by atoms with Gasteiger partial charge in [0.25, 0.3) is 0 Å². The molecule has 0 atom stereocenters. The van der Waals surface area contributed by atoms with Crippen LogP contribution in [-0.2, 0) is 0 Å². The van der Waals surface area contributed by atoms with Crippen LogP contribution in [0, 0.1) is 35.8 Å². The predicted molar refractivity (Wildman–Crippen MR) is 208 cm³/mol. The molecule has 0 aliphatic rings. The highest BCUT2D eigenvalue weighted by Gasteiger charge is 2.22. The highest BCUT2D eigenvalue weighted by molar-refractivity contribution is 6.12. The highest BCUT2D eigenvalue weighted by atomic mass is 15.0. The molecule has 0 saturated heterocycles. The molecule has 0 spiro atoms. The predicted octanol–water partition coefficient (Wildman–Crippen LogP) is 12.1. The van der Waals surface area contributed by atoms with Crippen LogP contribution in [0.5, 0.6) is 0 Å². The average molecular weight is 661 g/mol. The molecule has 0 N–H and O–H groups in total. The molecule has 0 amide bonds. The Kier molecular flexibility index (Phi) is 6.91. The van der Waals surface area contributed by atoms with E-state index < -0.39 is 0 Å². The number of fused-ring (bicyclic) bond motifs is 6. The third kappa shape index (κ3) is 4.54. The topological polar surface area (TPSA) is 66.2 Å². The number of nitrogens with zero attached hydrogens (tertiary/aromatic N) is 6. The summed E-state index contributed by atoms with van der Waals surface area (Å²) in [5.41, 5.74) is 10.8. The van der Waals surface area contributed by atoms with Gasteiger partial charge in [0.15, 0.2) is 11.4 Å². The van der Waals surface area contributed by atoms with Crippen LogP contribution in [0.1, 0.15) is 11.1 Å². The molecule has 0 aliphatic heterocycles. The molecule has 0 bridgehead atoms. The smallest absolute Gasteiger partial charge is 0.196 e. The van der Waals surface area contributed by atoms with E-state index in [1.165, 1.54) is 10.8 Å². The molecule has 238 valence electrons. The van der Waals surface area contributed by atoms with Crippen molar-refractivity contribution in [2.24, 2.45) is 0 Å². The monoisotopic (exact) mass is 660 g/mol. The maximum atomic E-state index is 10.1. The number of para-hydroxylation sites is 3. The number of hydrogen-bond donors (Lipinski definition) is 0. The van der Waals surface area contributed by atoms with E-state index in [0.29, 0.717) is 22.5 Å². The first kappa shape index (κ1) is 30.2. The minimum Gasteiger partial charge on any atom is -0.309 e. The summed E-state index contributed by atoms with van der Waals surface area (Å²) < 4.78 is 4.40. The minimum absolute atomic E-state index is 0.371. The molecule has 0 aliphatic carbocycles. The number of benzene rings is 7. The number of aromatic nitrogens is 2. The fourth-order valence-corrected chi connectivity index (χ4v) is 7.57. The van der Waals surface area contributed by atoms with Gasteiger partial charge in [0.05, 0.1) is 58.6 Å². The lowest BCUT2D eigenvalue weighted by molar-refractivity contribution is 1.18. The van der Waals surface area contributed by atoms with Crippen molar-refractivity contribution in [1.82, 2.24) is 9.13 Å². The van der Waals surface area contributed by atoms with Crippen LogP contribution in [0.4, 0.5) is 11.4 Å². The van der Waals surface area contributed by atoms with Crippen molar-refractivity contribution < 1.29 is 0 Å². The van der Waals surface area contributed by atoms with Crippen LogP contribution >= 0.6 is 0 Å². The zero-order chi connectivity index (χ0) is 35.3. The number of rotatable bonds is 4. The van der Waals surface area contributed by atoms with Crippen molar-refractivity contribution in [3.05, 3.63) is 180 Å². The second-order valence-corrected chi connectivity index (χ2v) is 12.6. The molecule has 52 heavy (non-hydrogen) atoms. The summed E-state index contributed by atoms with van der Waals surface area (Å²) in [6.07, 6.45) is 0. The molecule has 0 saturated carbocycles. The van der Waals surface area contributed by atoms with Gasteiger partial charge in [0.1, 0.15) is 0 Å². The van der Waals surface area contributed by atoms with Crippen LogP contribution < -0.4 is 0 Å². The summed E-state index contributed by atoms with van der Waals surface area (Å²) in [4.78, 5) is 7.65. The van der Waals surface area contributed by atoms with E-state index in [0.717, 1.165) is 66.5 Å². The third-order valence-corrected chi connectivity index (χ3v) is 9.80. The normalized spacial score (nSPS) is 11.0. The van der Waals surface area contributed by atoms with E-state index in [2.05, 4.69) is 104 Å². The standard InChI is InChI=1S/C46H24N6/c1-49-32-18-22-45-39(26-32)38-23-29(27-47)15-21-44(38)52(45)43-14-8-5-11-36(43)46-37(24-30(28-48)25-40(46)50-2)31-16-19-33(20-17-31)51-41-12-6-3-9-34(41)35-10-4-7-13-42(35)51/h3-26H. The third-order valence-electron chi connectivity index (χ3n) is 9.80. The van der Waals surface area contributed by atoms with Gasteiger partial charge in [0, 0.05) is 27.4 Å². The first-order valence-corrected chi connectivity index (χ1v) is 16.6. The Morgan fingerprint density at radius 1 is 0.481 bits per heavy atom. The van der Waals surface area contributed by atoms with Gasteiger partial charge in [-0.05, 0) is 100 Å². The summed E-state index contributed by atoms with van der Waals surface area (Å²) >= 11 is 0. The summed E-state index contributed by atoms with van der Waals surface area (Å²) in [7, 11) is 0. The molecule has 0 unspecified atom stereocenters. The van der Waals surface area contributed by atoms with E-state index in [-0.39, 0.29) is 0 Å². The van der Waals surface area contributed by atoms with Gasteiger partial charge in [-0.1, -0.05) is 72.8 Å². The Morgan fingerprint density at radius 2 is 1.10 bits per heavy atom. The van der Waals surface area contributed by atoms with E-state index in [4.69, 9.17) is 13.1 Å². The first-order valence-electron chi connectivity index (χ1n) is 16.6. The molecule has 9 rings (SSSR count). The van der Waals surface area contributed by atoms with Crippen LogP contribution in [0.3, 0.4) is 0 Å². The molecule has 6 nitrogen and oxygen atoms in total. The van der Waals surface area contributed by atoms with E-state index in [1.807, 2.05) is 54.6 Å². The van der Waals surface area contributed by atoms with Gasteiger partial charge in [-0.15, -0.1) is 0 Å². The molecular formula is C46H24N6. The van der Waals surface area contributed by atoms with E-state index in [1.54, 1.807) is 18.2 Å². The van der Waals surface area contributed by atoms with Crippen molar-refractivity contribution in [2.75, 3.05) is 0 Å². The van der Waals surface area contributed by atoms with Crippen molar-refractivity contribution in [3.8, 4) is 45.8 Å². The van der Waals surface area contributed by atoms with Crippen molar-refractivity contribution >= 4 is 55.0 Å². The second kappa shape index (κ2) is 11.9. The zero-order valence-electron chi connectivity index (χ0n) is 27.5. The fourth-order valence-electron chi connectivity index (χ4n) is 7.57. The Bertz CT molecular complexity index is 2990. The van der Waals surface area contributed by atoms with Gasteiger partial charge >= 0.3 is 0 Å². The summed E-state index contributed by atoms with van der Waals surface area (Å²) in [6, 6.07) is 52.3. The van der Waals surface area contributed by atoms with Crippen LogP contribution in [0.2, 0.25) is 0 Å². The Morgan fingerprint density at radius 3 is 1.77 bits per heavy atom. The molecule has 2 aromatic heterocycles. The molecule has 0 fully saturated rings. The maximum Gasteiger partial charge on any atom is 0.196 e. The van der Waals surface area contributed by atoms with Gasteiger partial charge < -0.3 is 9.13 Å². The molecule has 7 aromatic carbocycles. The van der Waals surface area contributed by atoms with Crippen molar-refractivity contribution in [2.45, 2.75) is 0 Å². The summed E-state index contributed by atoms with van der Waals surface area (Å²) in [5, 5.41) is 23.9. The van der Waals surface area contributed by atoms with Crippen LogP contribution in [0.15, 0.2) is 146 Å². The molecular weight excluding hydrogens is 637 g/mol. The number of nitriles is 2. The van der Waals surface area contributed by atoms with Crippen LogP contribution in [0.25, 0.3) is 86.9 Å². The largest absolute Gasteiger partial charge is 0.309 e. The average Bonchev–Trinajstić information content (AvgIpc) is 3.72. The molecule has 2 heterocycles. The Balaban J connectivity index is 1.28. The van der Waals surface area contributed by atoms with E-state index >= 15 is 0 Å². The first-order chi connectivity index (χ1) is 25.6. The zero-order valence-corrected chi connectivity index (χ0v) is 27.5. The Labute approximate surface area is 299 Å². The molecule has 9 aromatic rings. The quantitative estimate of drug-likeness (QED) is 0.176. The molecule has 0 radical (unpaired) electrons. The summed E-state index contributed by atoms with van der Waals surface area (Å²) in [5.74, 6) is 0. The maximum absolute atomic E-state index is 10.1. The van der Waals surface area contributed by atoms with Crippen molar-refractivity contribution in [3.63, 3.8) is 0 Å². The van der Waals surface area contributed by atoms with Crippen molar-refractivity contribution in [1.29, 1.82) is 10.5 Å². The van der Waals surface area contributed by atoms with Gasteiger partial charge in [-0.2, -0.15) is 10.5 Å². The minimum atomic E-state index is 0.371. The second-order valence-electron chi connectivity index (χ2n) is 12.6. The van der Waals surface area contributed by atoms with Crippen LogP contribution in [-0.4, -0.2) is 9.13 Å². The summed E-state index contributed by atoms with van der Waals surface area (Å²) in [6.45, 7) is 15.9.